The fraction of sp³-hybridized carbons (Fsp3) is 0.105. The number of hydrogen-bond donors (Lipinski definition) is 8. The van der Waals surface area contributed by atoms with Crippen molar-refractivity contribution in [3.05, 3.63) is 116 Å². The van der Waals surface area contributed by atoms with Crippen LogP contribution in [0.3, 0.4) is 0 Å². The zero-order chi connectivity index (χ0) is 34.1. The highest BCUT2D eigenvalue weighted by Crippen LogP contribution is 2.58. The maximum absolute atomic E-state index is 14.2. The minimum atomic E-state index is -1.12. The van der Waals surface area contributed by atoms with Gasteiger partial charge in [0.1, 0.15) is 46.0 Å². The Balaban J connectivity index is 1.58. The lowest BCUT2D eigenvalue weighted by molar-refractivity contribution is 0.101. The van der Waals surface area contributed by atoms with Crippen molar-refractivity contribution >= 4 is 33.1 Å². The van der Waals surface area contributed by atoms with Crippen molar-refractivity contribution in [2.24, 2.45) is 0 Å². The molecule has 0 radical (unpaired) electrons. The first-order chi connectivity index (χ1) is 22.8. The first-order valence-electron chi connectivity index (χ1n) is 15.0. The average Bonchev–Trinajstić information content (AvgIpc) is 2.96. The van der Waals surface area contributed by atoms with E-state index in [1.807, 2.05) is 0 Å². The van der Waals surface area contributed by atoms with Crippen molar-refractivity contribution in [3.8, 4) is 46.0 Å². The van der Waals surface area contributed by atoms with Crippen LogP contribution >= 0.6 is 0 Å². The van der Waals surface area contributed by atoms with Crippen LogP contribution in [-0.2, 0) is 0 Å². The summed E-state index contributed by atoms with van der Waals surface area (Å²) in [6.07, 6.45) is 0. The van der Waals surface area contributed by atoms with Gasteiger partial charge in [0.25, 0.3) is 0 Å². The third-order valence-corrected chi connectivity index (χ3v) is 9.70. The monoisotopic (exact) mass is 642 g/mol. The molecular formula is C38H26O10. The summed E-state index contributed by atoms with van der Waals surface area (Å²) in [6.45, 7) is 3.30. The Kier molecular flexibility index (Phi) is 5.77. The second-order valence-electron chi connectivity index (χ2n) is 12.6. The predicted molar refractivity (Wildman–Crippen MR) is 174 cm³/mol. The summed E-state index contributed by atoms with van der Waals surface area (Å²) in [5.41, 5.74) is 0.745. The maximum atomic E-state index is 14.2. The van der Waals surface area contributed by atoms with Crippen LogP contribution in [-0.4, -0.2) is 52.4 Å². The maximum Gasteiger partial charge on any atom is 0.201 e. The molecular weight excluding hydrogens is 616 g/mol. The second-order valence-corrected chi connectivity index (χ2v) is 12.6. The molecule has 0 bridgehead atoms. The number of phenols is 8. The molecule has 8 rings (SSSR count). The first kappa shape index (κ1) is 29.0. The highest BCUT2D eigenvalue weighted by molar-refractivity contribution is 6.21. The molecule has 0 fully saturated rings. The Labute approximate surface area is 271 Å². The molecule has 238 valence electrons. The van der Waals surface area contributed by atoms with Gasteiger partial charge in [0, 0.05) is 34.7 Å². The summed E-state index contributed by atoms with van der Waals surface area (Å²) in [4.78, 5) is 28.4. The van der Waals surface area contributed by atoms with Gasteiger partial charge in [-0.3, -0.25) is 9.59 Å². The lowest BCUT2D eigenvalue weighted by Crippen LogP contribution is -2.29. The number of hydrogen-bond acceptors (Lipinski definition) is 10. The van der Waals surface area contributed by atoms with Crippen molar-refractivity contribution < 1.29 is 50.4 Å². The van der Waals surface area contributed by atoms with E-state index in [0.717, 1.165) is 12.1 Å². The highest BCUT2D eigenvalue weighted by atomic mass is 16.3. The van der Waals surface area contributed by atoms with Crippen molar-refractivity contribution in [1.82, 2.24) is 0 Å². The van der Waals surface area contributed by atoms with Gasteiger partial charge in [-0.15, -0.1) is 0 Å². The number of rotatable bonds is 1. The van der Waals surface area contributed by atoms with E-state index in [9.17, 15) is 50.4 Å². The smallest absolute Gasteiger partial charge is 0.201 e. The van der Waals surface area contributed by atoms with Crippen LogP contribution in [0.4, 0.5) is 0 Å². The molecule has 0 aromatic heterocycles. The zero-order valence-corrected chi connectivity index (χ0v) is 25.3. The summed E-state index contributed by atoms with van der Waals surface area (Å²) in [5.74, 6) is -6.68. The molecule has 0 saturated heterocycles. The minimum absolute atomic E-state index is 0.103. The van der Waals surface area contributed by atoms with Crippen LogP contribution in [0.25, 0.3) is 21.5 Å². The molecule has 0 aliphatic heterocycles. The van der Waals surface area contributed by atoms with Crippen LogP contribution in [0.2, 0.25) is 0 Å². The molecule has 10 nitrogen and oxygen atoms in total. The van der Waals surface area contributed by atoms with Crippen LogP contribution in [0.15, 0.2) is 60.7 Å². The van der Waals surface area contributed by atoms with Crippen LogP contribution < -0.4 is 0 Å². The Morgan fingerprint density at radius 2 is 0.750 bits per heavy atom. The van der Waals surface area contributed by atoms with Gasteiger partial charge in [-0.1, -0.05) is 0 Å². The average molecular weight is 643 g/mol. The molecule has 0 saturated carbocycles. The number of phenolic OH excluding ortho intramolecular Hbond substituents is 8. The Hall–Kier alpha value is -6.42. The van der Waals surface area contributed by atoms with E-state index in [1.165, 1.54) is 36.4 Å². The molecule has 2 aliphatic carbocycles. The lowest BCUT2D eigenvalue weighted by Gasteiger charge is -2.39. The number of carbonyl (C=O) groups excluding carboxylic acids is 2. The summed E-state index contributed by atoms with van der Waals surface area (Å²) in [7, 11) is 0. The normalized spacial score (nSPS) is 16.5. The lowest BCUT2D eigenvalue weighted by atomic mass is 9.63. The largest absolute Gasteiger partial charge is 0.508 e. The van der Waals surface area contributed by atoms with E-state index in [1.54, 1.807) is 26.0 Å². The molecule has 2 atom stereocenters. The van der Waals surface area contributed by atoms with E-state index in [0.29, 0.717) is 21.9 Å². The third kappa shape index (κ3) is 3.74. The van der Waals surface area contributed by atoms with Gasteiger partial charge in [-0.25, -0.2) is 0 Å². The third-order valence-electron chi connectivity index (χ3n) is 9.70. The SMILES string of the molecule is Cc1cc(O)cc2cc3c(c(O)c12)C(=O)c1c(O)cc(O)cc1C3C1c2cc(O)cc(O)c2C(=O)c2c1cc1cc(O)cc(C)c1c2O. The fourth-order valence-corrected chi connectivity index (χ4v) is 7.99. The fourth-order valence-electron chi connectivity index (χ4n) is 7.99. The number of ketones is 2. The number of aromatic hydroxyl groups is 8. The van der Waals surface area contributed by atoms with Crippen molar-refractivity contribution in [3.63, 3.8) is 0 Å². The van der Waals surface area contributed by atoms with Crippen LogP contribution in [0.1, 0.15) is 77.1 Å². The highest BCUT2D eigenvalue weighted by Gasteiger charge is 2.46. The number of aryl methyl sites for hydroxylation is 2. The molecule has 0 spiro atoms. The van der Waals surface area contributed by atoms with E-state index in [4.69, 9.17) is 0 Å². The molecule has 6 aromatic carbocycles. The summed E-state index contributed by atoms with van der Waals surface area (Å²) >= 11 is 0. The molecule has 10 heteroatoms. The van der Waals surface area contributed by atoms with Crippen molar-refractivity contribution in [1.29, 1.82) is 0 Å². The first-order valence-corrected chi connectivity index (χ1v) is 15.0. The second kappa shape index (κ2) is 9.55. The van der Waals surface area contributed by atoms with Gasteiger partial charge in [0.15, 0.2) is 0 Å². The van der Waals surface area contributed by atoms with E-state index >= 15 is 0 Å². The molecule has 6 aromatic rings. The zero-order valence-electron chi connectivity index (χ0n) is 25.3. The van der Waals surface area contributed by atoms with Gasteiger partial charge < -0.3 is 40.9 Å². The van der Waals surface area contributed by atoms with Gasteiger partial charge in [-0.2, -0.15) is 0 Å². The molecule has 2 unspecified atom stereocenters. The minimum Gasteiger partial charge on any atom is -0.508 e. The molecule has 0 heterocycles. The summed E-state index contributed by atoms with van der Waals surface area (Å²) < 4.78 is 0. The van der Waals surface area contributed by atoms with Crippen molar-refractivity contribution in [2.45, 2.75) is 25.7 Å². The quantitative estimate of drug-likeness (QED) is 0.101. The molecule has 48 heavy (non-hydrogen) atoms. The molecule has 2 aliphatic rings. The van der Waals surface area contributed by atoms with Crippen molar-refractivity contribution in [2.75, 3.05) is 0 Å². The number of carbonyl (C=O) groups is 2. The van der Waals surface area contributed by atoms with E-state index in [-0.39, 0.29) is 78.3 Å². The van der Waals surface area contributed by atoms with Gasteiger partial charge in [-0.05, 0) is 107 Å². The van der Waals surface area contributed by atoms with Crippen LogP contribution in [0, 0.1) is 13.8 Å². The topological polar surface area (TPSA) is 196 Å². The number of benzene rings is 6. The molecule has 0 amide bonds. The Bertz CT molecular complexity index is 2340. The van der Waals surface area contributed by atoms with E-state index < -0.39 is 46.4 Å². The van der Waals surface area contributed by atoms with Gasteiger partial charge >= 0.3 is 0 Å². The standard InChI is InChI=1S/C38H26O10/c1-13-3-17(39)5-15-7-21-29(23-9-19(41)11-25(43)31(23)37(47)33(21)35(45)27(13)15)30-22-8-16-6-18(40)4-14(2)28(16)36(46)34(22)38(48)32-24(30)10-20(42)12-26(32)44/h3-12,29-30,39-46H,1-2H3. The summed E-state index contributed by atoms with van der Waals surface area (Å²) in [6, 6.07) is 13.4. The molecule has 8 N–H and O–H groups in total. The Morgan fingerprint density at radius 1 is 0.417 bits per heavy atom. The van der Waals surface area contributed by atoms with Gasteiger partial charge in [0.2, 0.25) is 11.6 Å². The number of fused-ring (bicyclic) bond motifs is 6. The van der Waals surface area contributed by atoms with Gasteiger partial charge in [0.05, 0.1) is 22.3 Å². The van der Waals surface area contributed by atoms with E-state index in [2.05, 4.69) is 0 Å². The predicted octanol–water partition coefficient (Wildman–Crippen LogP) is 6.31. The Morgan fingerprint density at radius 3 is 1.12 bits per heavy atom. The van der Waals surface area contributed by atoms with Crippen LogP contribution in [0.5, 0.6) is 46.0 Å². The summed E-state index contributed by atoms with van der Waals surface area (Å²) in [5, 5.41) is 89.4.